The van der Waals surface area contributed by atoms with Crippen LogP contribution in [0.15, 0.2) is 54.7 Å². The number of terminal acetylenes is 1. The third kappa shape index (κ3) is 29.4. The summed E-state index contributed by atoms with van der Waals surface area (Å²) in [6.45, 7) is 18.4. The molecule has 0 aromatic carbocycles. The zero-order valence-electron chi connectivity index (χ0n) is 36.9. The molecule has 0 fully saturated rings. The second-order valence-electron chi connectivity index (χ2n) is 11.6. The Morgan fingerprint density at radius 2 is 0.967 bits per heavy atom. The van der Waals surface area contributed by atoms with E-state index in [1.54, 1.807) is 29.6 Å². The van der Waals surface area contributed by atoms with Gasteiger partial charge in [-0.05, 0) is 181 Å². The van der Waals surface area contributed by atoms with E-state index < -0.39 is 8.80 Å². The number of aryl methyl sites for hydroxylation is 2. The molecule has 0 N–H and O–H groups in total. The van der Waals surface area contributed by atoms with E-state index in [2.05, 4.69) is 173 Å². The van der Waals surface area contributed by atoms with Crippen LogP contribution in [0.1, 0.15) is 111 Å². The second kappa shape index (κ2) is 44.4. The molecule has 4 aromatic heterocycles. The van der Waals surface area contributed by atoms with Gasteiger partial charge in [-0.25, -0.2) is 0 Å². The summed E-state index contributed by atoms with van der Waals surface area (Å²) in [5.41, 5.74) is 6.09. The van der Waals surface area contributed by atoms with Crippen LogP contribution in [0.3, 0.4) is 0 Å². The van der Waals surface area contributed by atoms with Crippen molar-refractivity contribution < 1.29 is 29.6 Å². The summed E-state index contributed by atoms with van der Waals surface area (Å²) in [7, 11) is -2.86. The van der Waals surface area contributed by atoms with Crippen molar-refractivity contribution in [1.29, 1.82) is 0 Å². The van der Waals surface area contributed by atoms with Gasteiger partial charge < -0.3 is 20.2 Å². The van der Waals surface area contributed by atoms with Gasteiger partial charge in [-0.3, -0.25) is 0 Å². The molecular weight excluding hydrogens is 1170 g/mol. The van der Waals surface area contributed by atoms with E-state index in [1.165, 1.54) is 62.3 Å². The molecule has 4 heterocycles. The summed E-state index contributed by atoms with van der Waals surface area (Å²) >= 11 is 21.8. The number of thiophene rings is 4. The third-order valence-corrected chi connectivity index (χ3v) is 16.1. The first-order valence-electron chi connectivity index (χ1n) is 19.9. The molecule has 328 valence electrons. The minimum absolute atomic E-state index is 0.549. The van der Waals surface area contributed by atoms with E-state index in [4.69, 9.17) is 13.3 Å². The van der Waals surface area contributed by atoms with Gasteiger partial charge in [0.15, 0.2) is 0 Å². The summed E-state index contributed by atoms with van der Waals surface area (Å²) in [6, 6.07) is 8.69. The van der Waals surface area contributed by atoms with Gasteiger partial charge in [0.1, 0.15) is 0 Å². The van der Waals surface area contributed by atoms with Gasteiger partial charge >= 0.3 is 38.8 Å². The third-order valence-electron chi connectivity index (χ3n) is 7.15. The molecule has 0 saturated heterocycles. The Labute approximate surface area is 429 Å². The van der Waals surface area contributed by atoms with E-state index in [9.17, 15) is 0 Å². The fourth-order valence-corrected chi connectivity index (χ4v) is 12.7. The predicted molar refractivity (Wildman–Crippen MR) is 286 cm³/mol. The molecule has 0 amide bonds. The average molecular weight is 1230 g/mol. The van der Waals surface area contributed by atoms with Crippen LogP contribution in [-0.2, 0) is 42.5 Å². The van der Waals surface area contributed by atoms with E-state index in [0.29, 0.717) is 19.8 Å². The van der Waals surface area contributed by atoms with Crippen molar-refractivity contribution in [2.45, 2.75) is 113 Å². The van der Waals surface area contributed by atoms with Crippen molar-refractivity contribution in [2.75, 3.05) is 25.2 Å². The Kier molecular flexibility index (Phi) is 45.4. The number of halogens is 4. The van der Waals surface area contributed by atoms with Gasteiger partial charge in [0.05, 0.1) is 9.75 Å². The molecule has 0 radical (unpaired) electrons. The SMILES string of the molecule is Brc1ccsc1-c1sccc1Br.C#CC.CC#CCCCBr.CC#CCCCc1ccsc1-c1sccc1CCCC#C[Si](OCC)(OCC)OCC.[CH2-]CCC#CC.[Zn+][Br]. The van der Waals surface area contributed by atoms with Crippen molar-refractivity contribution in [2.24, 2.45) is 0 Å². The van der Waals surface area contributed by atoms with Crippen LogP contribution in [0.25, 0.3) is 19.5 Å². The molecule has 0 atom stereocenters. The Balaban J connectivity index is 0. The topological polar surface area (TPSA) is 27.7 Å². The van der Waals surface area contributed by atoms with Gasteiger partial charge in [-0.1, -0.05) is 15.9 Å². The van der Waals surface area contributed by atoms with Crippen molar-refractivity contribution in [1.82, 2.24) is 0 Å². The molecule has 0 bridgehead atoms. The van der Waals surface area contributed by atoms with Crippen LogP contribution >= 0.6 is 107 Å². The molecule has 13 heteroatoms. The Hall–Kier alpha value is -0.760. The summed E-state index contributed by atoms with van der Waals surface area (Å²) < 4.78 is 19.8. The van der Waals surface area contributed by atoms with Crippen molar-refractivity contribution >= 4 is 116 Å². The Morgan fingerprint density at radius 1 is 0.607 bits per heavy atom. The molecule has 0 spiro atoms. The van der Waals surface area contributed by atoms with Gasteiger partial charge in [0.25, 0.3) is 0 Å². The van der Waals surface area contributed by atoms with E-state index in [0.717, 1.165) is 63.1 Å². The standard InChI is InChI=1S/C25H34O3S2Si.C8H4Br2S2.C6H9Br.C6H9.C3H4.BrH.Zn/c1-5-9-10-12-15-22-17-19-29-24(22)25-23(18-20-30-25)16-13-11-14-21-31(26-6-2,27-7-3)28-8-4;9-5-1-3-11-7(5)8-6(10)2-4-12-8;1-2-3-4-5-6-7;1-3-5-6-4-2;1-3-2;;/h17-20H,6-8,10-13,15-16H2,1-4H3;1-4H;4-6H2,1H3;1,3,5H2,2H3;1H,2H3;1H;/q;;;-1;;;+2/p-1. The molecule has 3 nitrogen and oxygen atoms in total. The first kappa shape index (κ1) is 62.3. The predicted octanol–water partition coefficient (Wildman–Crippen LogP) is 17.0. The molecule has 0 aliphatic heterocycles. The van der Waals surface area contributed by atoms with E-state index in [-0.39, 0.29) is 0 Å². The fourth-order valence-electron chi connectivity index (χ4n) is 4.70. The van der Waals surface area contributed by atoms with Crippen LogP contribution in [0.5, 0.6) is 0 Å². The molecule has 0 saturated carbocycles. The van der Waals surface area contributed by atoms with E-state index >= 15 is 0 Å². The normalized spacial score (nSPS) is 9.33. The summed E-state index contributed by atoms with van der Waals surface area (Å²) in [5.74, 6) is 23.1. The van der Waals surface area contributed by atoms with Crippen molar-refractivity contribution in [3.63, 3.8) is 0 Å². The van der Waals surface area contributed by atoms with Crippen LogP contribution in [0.2, 0.25) is 0 Å². The first-order chi connectivity index (χ1) is 29.7. The van der Waals surface area contributed by atoms with Crippen LogP contribution in [-0.4, -0.2) is 34.0 Å². The number of unbranched alkanes of at least 4 members (excludes halogenated alkanes) is 4. The molecule has 0 aliphatic carbocycles. The van der Waals surface area contributed by atoms with Gasteiger partial charge in [0, 0.05) is 63.1 Å². The second-order valence-corrected chi connectivity index (χ2v) is 20.0. The first-order valence-corrected chi connectivity index (χ1v) is 34.8. The minimum atomic E-state index is -2.86. The maximum absolute atomic E-state index is 5.81. The maximum atomic E-state index is 5.81. The number of hydrogen-bond donors (Lipinski definition) is 0. The number of alkyl halides is 1. The number of rotatable bonds is 17. The summed E-state index contributed by atoms with van der Waals surface area (Å²) in [6.07, 6.45) is 14.7. The summed E-state index contributed by atoms with van der Waals surface area (Å²) in [4.78, 5) is 5.45. The van der Waals surface area contributed by atoms with Gasteiger partial charge in [0.2, 0.25) is 0 Å². The molecule has 61 heavy (non-hydrogen) atoms. The molecular formula is C48H60Br4O3S4SiZn. The van der Waals surface area contributed by atoms with E-state index in [1.807, 2.05) is 64.2 Å². The number of hydrogen-bond acceptors (Lipinski definition) is 7. The monoisotopic (exact) mass is 1220 g/mol. The summed E-state index contributed by atoms with van der Waals surface area (Å²) in [5, 5.41) is 9.67. The molecule has 4 aromatic rings. The van der Waals surface area contributed by atoms with Crippen LogP contribution in [0, 0.1) is 66.3 Å². The molecule has 0 aliphatic rings. The Morgan fingerprint density at radius 3 is 1.30 bits per heavy atom. The van der Waals surface area contributed by atoms with Gasteiger partial charge in [-0.15, -0.1) is 99.1 Å². The zero-order chi connectivity index (χ0) is 46.0. The van der Waals surface area contributed by atoms with Crippen molar-refractivity contribution in [3.05, 3.63) is 72.8 Å². The fraction of sp³-hybridized carbons (Fsp3) is 0.438. The quantitative estimate of drug-likeness (QED) is 0.0347. The van der Waals surface area contributed by atoms with Crippen molar-refractivity contribution in [3.8, 4) is 78.8 Å². The zero-order valence-corrected chi connectivity index (χ0v) is 50.5. The van der Waals surface area contributed by atoms with Crippen LogP contribution < -0.4 is 0 Å². The molecule has 4 rings (SSSR count). The molecule has 0 unspecified atom stereocenters. The Bertz CT molecular complexity index is 1910. The average Bonchev–Trinajstić information content (AvgIpc) is 4.10. The van der Waals surface area contributed by atoms with Gasteiger partial charge in [-0.2, -0.15) is 6.42 Å². The van der Waals surface area contributed by atoms with Crippen LogP contribution in [0.4, 0.5) is 0 Å².